The molecule has 0 unspecified atom stereocenters. The number of aliphatic hydroxyl groups is 1. The Labute approximate surface area is 150 Å². The van der Waals surface area contributed by atoms with Crippen LogP contribution in [0.3, 0.4) is 0 Å². The molecule has 7 nitrogen and oxygen atoms in total. The van der Waals surface area contributed by atoms with Crippen molar-refractivity contribution in [2.75, 3.05) is 16.8 Å². The van der Waals surface area contributed by atoms with Crippen LogP contribution < -0.4 is 10.2 Å². The van der Waals surface area contributed by atoms with Crippen molar-refractivity contribution in [1.29, 1.82) is 5.26 Å². The number of anilines is 2. The molecule has 1 aromatic heterocycles. The van der Waals surface area contributed by atoms with Crippen molar-refractivity contribution in [2.24, 2.45) is 0 Å². The SMILES string of the molecule is N#C[C@@]1(O)CCN(c2ccnc(NC(=O)CCc3ccccc3)c2)C1=O. The molecule has 0 spiro atoms. The largest absolute Gasteiger partial charge is 0.368 e. The van der Waals surface area contributed by atoms with E-state index in [0.29, 0.717) is 24.3 Å². The van der Waals surface area contributed by atoms with Crippen LogP contribution in [0.15, 0.2) is 48.7 Å². The number of nitriles is 1. The maximum absolute atomic E-state index is 12.2. The second-order valence-corrected chi connectivity index (χ2v) is 6.11. The lowest BCUT2D eigenvalue weighted by atomic mass is 10.1. The van der Waals surface area contributed by atoms with Crippen LogP contribution in [0.2, 0.25) is 0 Å². The number of amides is 2. The summed E-state index contributed by atoms with van der Waals surface area (Å²) in [4.78, 5) is 29.7. The van der Waals surface area contributed by atoms with Crippen LogP contribution in [-0.4, -0.2) is 34.1 Å². The molecule has 0 radical (unpaired) electrons. The van der Waals surface area contributed by atoms with Crippen LogP contribution in [-0.2, 0) is 16.0 Å². The molecule has 132 valence electrons. The molecule has 1 saturated heterocycles. The van der Waals surface area contributed by atoms with Crippen molar-refractivity contribution in [3.05, 3.63) is 54.2 Å². The Balaban J connectivity index is 1.64. The first-order valence-corrected chi connectivity index (χ1v) is 8.27. The van der Waals surface area contributed by atoms with Crippen LogP contribution in [0.25, 0.3) is 0 Å². The maximum atomic E-state index is 12.2. The van der Waals surface area contributed by atoms with E-state index in [4.69, 9.17) is 5.26 Å². The van der Waals surface area contributed by atoms with E-state index in [1.54, 1.807) is 18.2 Å². The third-order valence-corrected chi connectivity index (χ3v) is 4.29. The Bertz CT molecular complexity index is 863. The molecule has 7 heteroatoms. The van der Waals surface area contributed by atoms with Gasteiger partial charge in [0.25, 0.3) is 5.91 Å². The third-order valence-electron chi connectivity index (χ3n) is 4.29. The molecule has 2 amide bonds. The summed E-state index contributed by atoms with van der Waals surface area (Å²) in [5, 5.41) is 21.6. The smallest absolute Gasteiger partial charge is 0.273 e. The molecule has 3 rings (SSSR count). The van der Waals surface area contributed by atoms with Gasteiger partial charge in [0, 0.05) is 37.3 Å². The maximum Gasteiger partial charge on any atom is 0.273 e. The van der Waals surface area contributed by atoms with Crippen molar-refractivity contribution in [3.8, 4) is 6.07 Å². The molecule has 2 N–H and O–H groups in total. The Morgan fingerprint density at radius 2 is 2.12 bits per heavy atom. The number of hydrogen-bond donors (Lipinski definition) is 2. The lowest BCUT2D eigenvalue weighted by molar-refractivity contribution is -0.128. The fourth-order valence-corrected chi connectivity index (χ4v) is 2.82. The number of nitrogens with zero attached hydrogens (tertiary/aromatic N) is 3. The first-order valence-electron chi connectivity index (χ1n) is 8.27. The van der Waals surface area contributed by atoms with E-state index < -0.39 is 11.5 Å². The first-order chi connectivity index (χ1) is 12.5. The summed E-state index contributed by atoms with van der Waals surface area (Å²) in [5.41, 5.74) is -0.431. The van der Waals surface area contributed by atoms with Crippen LogP contribution >= 0.6 is 0 Å². The third kappa shape index (κ3) is 3.71. The van der Waals surface area contributed by atoms with Gasteiger partial charge in [-0.15, -0.1) is 0 Å². The Morgan fingerprint density at radius 3 is 2.81 bits per heavy atom. The molecule has 0 aliphatic carbocycles. The fraction of sp³-hybridized carbons (Fsp3) is 0.263. The number of pyridine rings is 1. The molecule has 1 atom stereocenters. The van der Waals surface area contributed by atoms with Crippen molar-refractivity contribution < 1.29 is 14.7 Å². The van der Waals surface area contributed by atoms with Gasteiger partial charge in [-0.1, -0.05) is 30.3 Å². The van der Waals surface area contributed by atoms with Crippen LogP contribution in [0.5, 0.6) is 0 Å². The predicted molar refractivity (Wildman–Crippen MR) is 95.2 cm³/mol. The molecule has 1 aliphatic rings. The number of aryl methyl sites for hydroxylation is 1. The van der Waals surface area contributed by atoms with Gasteiger partial charge in [-0.25, -0.2) is 4.98 Å². The second-order valence-electron chi connectivity index (χ2n) is 6.11. The van der Waals surface area contributed by atoms with E-state index in [1.165, 1.54) is 11.1 Å². The number of carbonyl (C=O) groups is 2. The van der Waals surface area contributed by atoms with E-state index in [1.807, 2.05) is 30.3 Å². The van der Waals surface area contributed by atoms with Gasteiger partial charge in [0.2, 0.25) is 11.5 Å². The van der Waals surface area contributed by atoms with Gasteiger partial charge < -0.3 is 15.3 Å². The molecular weight excluding hydrogens is 332 g/mol. The number of aromatic nitrogens is 1. The van der Waals surface area contributed by atoms with E-state index in [-0.39, 0.29) is 18.9 Å². The van der Waals surface area contributed by atoms with E-state index in [2.05, 4.69) is 10.3 Å². The molecule has 2 heterocycles. The number of hydrogen-bond acceptors (Lipinski definition) is 5. The summed E-state index contributed by atoms with van der Waals surface area (Å²) in [7, 11) is 0. The van der Waals surface area contributed by atoms with Crippen LogP contribution in [0, 0.1) is 11.3 Å². The van der Waals surface area contributed by atoms with Gasteiger partial charge in [0.05, 0.1) is 0 Å². The normalized spacial score (nSPS) is 19.2. The zero-order valence-corrected chi connectivity index (χ0v) is 14.1. The topological polar surface area (TPSA) is 106 Å². The number of rotatable bonds is 5. The molecule has 1 fully saturated rings. The molecule has 1 aliphatic heterocycles. The van der Waals surface area contributed by atoms with E-state index in [9.17, 15) is 14.7 Å². The predicted octanol–water partition coefficient (Wildman–Crippen LogP) is 1.64. The average molecular weight is 350 g/mol. The van der Waals surface area contributed by atoms with Crippen molar-refractivity contribution in [1.82, 2.24) is 4.98 Å². The van der Waals surface area contributed by atoms with Crippen molar-refractivity contribution >= 4 is 23.3 Å². The number of carbonyl (C=O) groups excluding carboxylic acids is 2. The zero-order valence-electron chi connectivity index (χ0n) is 14.1. The summed E-state index contributed by atoms with van der Waals surface area (Å²) >= 11 is 0. The highest BCUT2D eigenvalue weighted by Crippen LogP contribution is 2.28. The molecule has 2 aromatic rings. The standard InChI is InChI=1S/C19H18N4O3/c20-13-19(26)9-11-23(18(19)25)15-8-10-21-16(12-15)22-17(24)7-6-14-4-2-1-3-5-14/h1-5,8,10,12,26H,6-7,9,11H2,(H,21,22,24)/t19-/m0/s1. The number of nitrogens with one attached hydrogen (secondary N) is 1. The molecule has 1 aromatic carbocycles. The highest BCUT2D eigenvalue weighted by molar-refractivity contribution is 6.04. The van der Waals surface area contributed by atoms with Gasteiger partial charge in [-0.2, -0.15) is 5.26 Å². The van der Waals surface area contributed by atoms with Gasteiger partial charge >= 0.3 is 0 Å². The first kappa shape index (κ1) is 17.6. The van der Waals surface area contributed by atoms with Crippen molar-refractivity contribution in [2.45, 2.75) is 24.9 Å². The minimum atomic E-state index is -1.98. The van der Waals surface area contributed by atoms with Gasteiger partial charge in [0.15, 0.2) is 0 Å². The quantitative estimate of drug-likeness (QED) is 0.798. The lowest BCUT2D eigenvalue weighted by Crippen LogP contribution is -2.38. The van der Waals surface area contributed by atoms with Crippen molar-refractivity contribution in [3.63, 3.8) is 0 Å². The summed E-state index contributed by atoms with van der Waals surface area (Å²) < 4.78 is 0. The number of benzene rings is 1. The molecule has 26 heavy (non-hydrogen) atoms. The Hall–Kier alpha value is -3.24. The van der Waals surface area contributed by atoms with Crippen LogP contribution in [0.4, 0.5) is 11.5 Å². The molecule has 0 bridgehead atoms. The average Bonchev–Trinajstić information content (AvgIpc) is 2.97. The second kappa shape index (κ2) is 7.33. The zero-order chi connectivity index (χ0) is 18.6. The highest BCUT2D eigenvalue weighted by atomic mass is 16.3. The van der Waals surface area contributed by atoms with Gasteiger partial charge in [-0.05, 0) is 18.1 Å². The van der Waals surface area contributed by atoms with Gasteiger partial charge in [0.1, 0.15) is 11.9 Å². The Morgan fingerprint density at radius 1 is 1.35 bits per heavy atom. The van der Waals surface area contributed by atoms with E-state index >= 15 is 0 Å². The lowest BCUT2D eigenvalue weighted by Gasteiger charge is -2.18. The van der Waals surface area contributed by atoms with E-state index in [0.717, 1.165) is 5.56 Å². The highest BCUT2D eigenvalue weighted by Gasteiger charge is 2.46. The Kier molecular flexibility index (Phi) is 4.96. The molecule has 0 saturated carbocycles. The summed E-state index contributed by atoms with van der Waals surface area (Å²) in [6.45, 7) is 0.230. The summed E-state index contributed by atoms with van der Waals surface area (Å²) in [6.07, 6.45) is 2.45. The monoisotopic (exact) mass is 350 g/mol. The fourth-order valence-electron chi connectivity index (χ4n) is 2.82. The van der Waals surface area contributed by atoms with Crippen LogP contribution in [0.1, 0.15) is 18.4 Å². The minimum absolute atomic E-state index is 0.0451. The molecular formula is C19H18N4O3. The van der Waals surface area contributed by atoms with Gasteiger partial charge in [-0.3, -0.25) is 9.59 Å². The summed E-state index contributed by atoms with van der Waals surface area (Å²) in [5.74, 6) is -0.520. The summed E-state index contributed by atoms with van der Waals surface area (Å²) in [6, 6.07) is 14.5. The minimum Gasteiger partial charge on any atom is -0.368 e.